The first-order chi connectivity index (χ1) is 20.8. The molecule has 6 rings (SSSR count). The third-order valence-corrected chi connectivity index (χ3v) is 7.92. The fraction of sp³-hybridized carbons (Fsp3) is 0.212. The Morgan fingerprint density at radius 1 is 0.814 bits per heavy atom. The molecule has 0 atom stereocenters. The molecular formula is C33H28F3N5O2. The van der Waals surface area contributed by atoms with Crippen molar-refractivity contribution in [2.75, 3.05) is 19.6 Å². The van der Waals surface area contributed by atoms with Crippen LogP contribution in [0.3, 0.4) is 0 Å². The largest absolute Gasteiger partial charge is 0.287 e. The van der Waals surface area contributed by atoms with E-state index in [4.69, 9.17) is 4.99 Å². The molecule has 1 aromatic heterocycles. The van der Waals surface area contributed by atoms with Gasteiger partial charge in [-0.2, -0.15) is 0 Å². The van der Waals surface area contributed by atoms with Gasteiger partial charge in [-0.05, 0) is 84.0 Å². The highest BCUT2D eigenvalue weighted by molar-refractivity contribution is 6.17. The molecule has 1 N–H and O–H groups in total. The van der Waals surface area contributed by atoms with Gasteiger partial charge in [-0.25, -0.2) is 23.2 Å². The second kappa shape index (κ2) is 11.8. The van der Waals surface area contributed by atoms with E-state index >= 15 is 0 Å². The number of pyridine rings is 1. The van der Waals surface area contributed by atoms with Crippen LogP contribution < -0.4 is 5.43 Å². The van der Waals surface area contributed by atoms with Crippen LogP contribution in [0.1, 0.15) is 41.1 Å². The summed E-state index contributed by atoms with van der Waals surface area (Å²) in [4.78, 5) is 38.3. The SMILES string of the molecule is O=C(CN1C(=O)C(c2ccc(F)cc2)(c2ccc(F)cc2)N=C1c1ccccn1)NN1CCC(c2ccc(F)cc2)CC1. The number of nitrogens with zero attached hydrogens (tertiary/aromatic N) is 4. The molecule has 2 aliphatic heterocycles. The first-order valence-electron chi connectivity index (χ1n) is 14.0. The van der Waals surface area contributed by atoms with Gasteiger partial charge < -0.3 is 0 Å². The number of amidine groups is 1. The van der Waals surface area contributed by atoms with E-state index in [2.05, 4.69) is 10.4 Å². The van der Waals surface area contributed by atoms with Crippen LogP contribution in [-0.4, -0.2) is 52.2 Å². The predicted molar refractivity (Wildman–Crippen MR) is 154 cm³/mol. The first-order valence-corrected chi connectivity index (χ1v) is 14.0. The third kappa shape index (κ3) is 5.65. The number of hydrogen-bond acceptors (Lipinski definition) is 5. The zero-order valence-electron chi connectivity index (χ0n) is 23.1. The lowest BCUT2D eigenvalue weighted by molar-refractivity contribution is -0.136. The molecule has 1 saturated heterocycles. The molecule has 0 bridgehead atoms. The second-order valence-corrected chi connectivity index (χ2v) is 10.6. The van der Waals surface area contributed by atoms with Crippen LogP contribution in [0.2, 0.25) is 0 Å². The molecule has 10 heteroatoms. The number of aliphatic imine (C=N–C) groups is 1. The van der Waals surface area contributed by atoms with Crippen molar-refractivity contribution in [2.45, 2.75) is 24.3 Å². The predicted octanol–water partition coefficient (Wildman–Crippen LogP) is 4.94. The molecule has 218 valence electrons. The number of carbonyl (C=O) groups excluding carboxylic acids is 2. The lowest BCUT2D eigenvalue weighted by Gasteiger charge is -2.33. The standard InChI is InChI=1S/C33H28F3N5O2/c34-26-10-4-22(5-11-26)23-16-19-40(20-17-23)39-30(42)21-41-31(29-3-1-2-18-37-29)38-33(32(41)43,24-6-12-27(35)13-7-24)25-8-14-28(36)15-9-25/h1-15,18,23H,16-17,19-21H2,(H,39,42). The minimum Gasteiger partial charge on any atom is -0.287 e. The Morgan fingerprint density at radius 2 is 1.37 bits per heavy atom. The van der Waals surface area contributed by atoms with Gasteiger partial charge in [0.15, 0.2) is 11.4 Å². The topological polar surface area (TPSA) is 77.9 Å². The van der Waals surface area contributed by atoms with Crippen LogP contribution in [0.15, 0.2) is 102 Å². The molecule has 4 aromatic rings. The highest BCUT2D eigenvalue weighted by Crippen LogP contribution is 2.41. The Kier molecular flexibility index (Phi) is 7.77. The molecule has 3 heterocycles. The minimum atomic E-state index is -1.69. The van der Waals surface area contributed by atoms with E-state index in [1.807, 2.05) is 5.01 Å². The van der Waals surface area contributed by atoms with Crippen LogP contribution in [0.4, 0.5) is 13.2 Å². The summed E-state index contributed by atoms with van der Waals surface area (Å²) in [5.41, 5.74) is 3.38. The number of carbonyl (C=O) groups is 2. The van der Waals surface area contributed by atoms with E-state index in [9.17, 15) is 22.8 Å². The lowest BCUT2D eigenvalue weighted by atomic mass is 9.83. The Balaban J connectivity index is 1.27. The highest BCUT2D eigenvalue weighted by atomic mass is 19.1. The summed E-state index contributed by atoms with van der Waals surface area (Å²) in [6, 6.07) is 22.4. The summed E-state index contributed by atoms with van der Waals surface area (Å²) in [6.07, 6.45) is 3.10. The van der Waals surface area contributed by atoms with Crippen molar-refractivity contribution in [1.29, 1.82) is 0 Å². The molecule has 3 aromatic carbocycles. The van der Waals surface area contributed by atoms with Crippen LogP contribution in [0.5, 0.6) is 0 Å². The summed E-state index contributed by atoms with van der Waals surface area (Å²) in [7, 11) is 0. The van der Waals surface area contributed by atoms with Gasteiger partial charge >= 0.3 is 0 Å². The molecule has 0 unspecified atom stereocenters. The zero-order valence-corrected chi connectivity index (χ0v) is 23.1. The second-order valence-electron chi connectivity index (χ2n) is 10.6. The number of nitrogens with one attached hydrogen (secondary N) is 1. The number of benzene rings is 3. The number of hydrazine groups is 1. The Bertz CT molecular complexity index is 1590. The molecule has 0 radical (unpaired) electrons. The van der Waals surface area contributed by atoms with Crippen molar-refractivity contribution >= 4 is 17.6 Å². The molecule has 2 amide bonds. The maximum Gasteiger partial charge on any atom is 0.265 e. The number of hydrogen-bond donors (Lipinski definition) is 1. The van der Waals surface area contributed by atoms with Crippen LogP contribution >= 0.6 is 0 Å². The minimum absolute atomic E-state index is 0.171. The Morgan fingerprint density at radius 3 is 1.91 bits per heavy atom. The lowest BCUT2D eigenvalue weighted by Crippen LogP contribution is -2.52. The summed E-state index contributed by atoms with van der Waals surface area (Å²) in [5.74, 6) is -1.80. The van der Waals surface area contributed by atoms with Crippen molar-refractivity contribution in [3.63, 3.8) is 0 Å². The number of halogens is 3. The van der Waals surface area contributed by atoms with Gasteiger partial charge in [-0.1, -0.05) is 42.5 Å². The monoisotopic (exact) mass is 583 g/mol. The zero-order chi connectivity index (χ0) is 30.0. The van der Waals surface area contributed by atoms with Crippen LogP contribution in [0, 0.1) is 17.5 Å². The Labute approximate surface area is 246 Å². The maximum absolute atomic E-state index is 14.4. The molecule has 43 heavy (non-hydrogen) atoms. The van der Waals surface area contributed by atoms with Crippen molar-refractivity contribution in [3.8, 4) is 0 Å². The number of amides is 2. The van der Waals surface area contributed by atoms with Gasteiger partial charge in [0.25, 0.3) is 11.8 Å². The van der Waals surface area contributed by atoms with E-state index in [0.29, 0.717) is 29.9 Å². The van der Waals surface area contributed by atoms with E-state index in [1.54, 1.807) is 36.5 Å². The van der Waals surface area contributed by atoms with Crippen molar-refractivity contribution in [2.24, 2.45) is 4.99 Å². The van der Waals surface area contributed by atoms with E-state index in [1.165, 1.54) is 65.6 Å². The molecule has 0 aliphatic carbocycles. The third-order valence-electron chi connectivity index (χ3n) is 7.92. The van der Waals surface area contributed by atoms with Gasteiger partial charge in [-0.15, -0.1) is 0 Å². The summed E-state index contributed by atoms with van der Waals surface area (Å²) in [6.45, 7) is 0.812. The summed E-state index contributed by atoms with van der Waals surface area (Å²) >= 11 is 0. The van der Waals surface area contributed by atoms with Crippen LogP contribution in [0.25, 0.3) is 0 Å². The normalized spacial score (nSPS) is 17.1. The highest BCUT2D eigenvalue weighted by Gasteiger charge is 2.52. The van der Waals surface area contributed by atoms with E-state index in [0.717, 1.165) is 18.4 Å². The quantitative estimate of drug-likeness (QED) is 0.334. The maximum atomic E-state index is 14.4. The average Bonchev–Trinajstić information content (AvgIpc) is 3.31. The van der Waals surface area contributed by atoms with Gasteiger partial charge in [0.1, 0.15) is 29.7 Å². The Hall–Kier alpha value is -4.83. The fourth-order valence-corrected chi connectivity index (χ4v) is 5.74. The molecule has 1 fully saturated rings. The van der Waals surface area contributed by atoms with Crippen molar-refractivity contribution < 1.29 is 22.8 Å². The van der Waals surface area contributed by atoms with Gasteiger partial charge in [-0.3, -0.25) is 24.9 Å². The summed E-state index contributed by atoms with van der Waals surface area (Å²) < 4.78 is 41.2. The molecule has 2 aliphatic rings. The fourth-order valence-electron chi connectivity index (χ4n) is 5.74. The van der Waals surface area contributed by atoms with Crippen molar-refractivity contribution in [3.05, 3.63) is 137 Å². The van der Waals surface area contributed by atoms with E-state index < -0.39 is 29.0 Å². The number of piperidine rings is 1. The molecule has 0 spiro atoms. The molecule has 0 saturated carbocycles. The molecular weight excluding hydrogens is 555 g/mol. The van der Waals surface area contributed by atoms with Gasteiger partial charge in [0.2, 0.25) is 0 Å². The van der Waals surface area contributed by atoms with Crippen LogP contribution in [-0.2, 0) is 15.1 Å². The van der Waals surface area contributed by atoms with Gasteiger partial charge in [0.05, 0.1) is 0 Å². The average molecular weight is 584 g/mol. The number of rotatable bonds is 7. The number of aromatic nitrogens is 1. The first kappa shape index (κ1) is 28.3. The van der Waals surface area contributed by atoms with Crippen molar-refractivity contribution in [1.82, 2.24) is 20.3 Å². The van der Waals surface area contributed by atoms with E-state index in [-0.39, 0.29) is 24.1 Å². The summed E-state index contributed by atoms with van der Waals surface area (Å²) in [5, 5.41) is 1.81. The smallest absolute Gasteiger partial charge is 0.265 e. The molecule has 7 nitrogen and oxygen atoms in total. The van der Waals surface area contributed by atoms with Gasteiger partial charge in [0, 0.05) is 19.3 Å².